The standard InChI is InChI=1S/C34H26ClN3S2/c35-25-14-4-5-15-26(25)36-22-24-33(23-12-2-1-3-13-23)40-30-19-9-6-16-27(30)37-34(24)38-28-17-7-10-20-31(28)39-32-21-11-8-18-29(32)38/h1-21,24,33,36H,22H2. The van der Waals surface area contributed by atoms with Crippen LogP contribution in [0.4, 0.5) is 22.7 Å². The largest absolute Gasteiger partial charge is 0.383 e. The van der Waals surface area contributed by atoms with E-state index < -0.39 is 0 Å². The highest BCUT2D eigenvalue weighted by atomic mass is 35.5. The molecule has 2 aliphatic heterocycles. The second-order valence-electron chi connectivity index (χ2n) is 9.73. The highest BCUT2D eigenvalue weighted by Crippen LogP contribution is 2.53. The molecule has 0 saturated heterocycles. The first-order chi connectivity index (χ1) is 19.8. The Bertz CT molecular complexity index is 1660. The zero-order valence-electron chi connectivity index (χ0n) is 21.6. The highest BCUT2D eigenvalue weighted by molar-refractivity contribution is 8.00. The van der Waals surface area contributed by atoms with E-state index in [9.17, 15) is 0 Å². The van der Waals surface area contributed by atoms with Crippen LogP contribution >= 0.6 is 35.1 Å². The van der Waals surface area contributed by atoms with Gasteiger partial charge in [-0.3, -0.25) is 4.90 Å². The Morgan fingerprint density at radius 2 is 1.27 bits per heavy atom. The second kappa shape index (κ2) is 11.1. The third kappa shape index (κ3) is 4.79. The number of amidine groups is 1. The van der Waals surface area contributed by atoms with Crippen LogP contribution in [0.2, 0.25) is 5.02 Å². The van der Waals surface area contributed by atoms with Gasteiger partial charge < -0.3 is 5.32 Å². The van der Waals surface area contributed by atoms with Crippen LogP contribution in [-0.2, 0) is 0 Å². The topological polar surface area (TPSA) is 27.6 Å². The summed E-state index contributed by atoms with van der Waals surface area (Å²) < 4.78 is 0. The number of aliphatic imine (C=N–C) groups is 1. The maximum atomic E-state index is 6.61. The van der Waals surface area contributed by atoms with Crippen LogP contribution in [0, 0.1) is 5.92 Å². The molecule has 0 amide bonds. The van der Waals surface area contributed by atoms with Crippen LogP contribution in [-0.4, -0.2) is 12.4 Å². The fraction of sp³-hybridized carbons (Fsp3) is 0.0882. The van der Waals surface area contributed by atoms with Crippen molar-refractivity contribution in [3.05, 3.63) is 138 Å². The molecule has 0 saturated carbocycles. The molecule has 0 radical (unpaired) electrons. The molecule has 196 valence electrons. The van der Waals surface area contributed by atoms with Crippen LogP contribution in [0.1, 0.15) is 10.8 Å². The summed E-state index contributed by atoms with van der Waals surface area (Å²) >= 11 is 10.3. The number of para-hydroxylation sites is 4. The number of nitrogens with zero attached hydrogens (tertiary/aromatic N) is 2. The Hall–Kier alpha value is -3.64. The van der Waals surface area contributed by atoms with Crippen molar-refractivity contribution in [1.29, 1.82) is 0 Å². The molecule has 0 fully saturated rings. The monoisotopic (exact) mass is 575 g/mol. The molecule has 2 aliphatic rings. The molecule has 0 aromatic heterocycles. The molecule has 6 heteroatoms. The van der Waals surface area contributed by atoms with E-state index in [1.54, 1.807) is 0 Å². The predicted molar refractivity (Wildman–Crippen MR) is 171 cm³/mol. The summed E-state index contributed by atoms with van der Waals surface area (Å²) in [6.45, 7) is 0.664. The van der Waals surface area contributed by atoms with Gasteiger partial charge in [-0.05, 0) is 54.1 Å². The molecule has 40 heavy (non-hydrogen) atoms. The maximum Gasteiger partial charge on any atom is 0.120 e. The second-order valence-corrected chi connectivity index (χ2v) is 12.4. The highest BCUT2D eigenvalue weighted by Gasteiger charge is 2.38. The van der Waals surface area contributed by atoms with Gasteiger partial charge in [0.1, 0.15) is 5.84 Å². The molecule has 5 aromatic rings. The van der Waals surface area contributed by atoms with E-state index in [0.717, 1.165) is 28.6 Å². The Balaban J connectivity index is 1.44. The first kappa shape index (κ1) is 25.3. The van der Waals surface area contributed by atoms with Crippen molar-refractivity contribution in [3.8, 4) is 0 Å². The van der Waals surface area contributed by atoms with Gasteiger partial charge in [0.25, 0.3) is 0 Å². The predicted octanol–water partition coefficient (Wildman–Crippen LogP) is 10.2. The van der Waals surface area contributed by atoms with Crippen LogP contribution < -0.4 is 10.2 Å². The van der Waals surface area contributed by atoms with Crippen LogP contribution in [0.3, 0.4) is 0 Å². The fourth-order valence-electron chi connectivity index (χ4n) is 5.34. The van der Waals surface area contributed by atoms with Crippen molar-refractivity contribution in [3.63, 3.8) is 0 Å². The van der Waals surface area contributed by atoms with Crippen molar-refractivity contribution in [2.24, 2.45) is 10.9 Å². The smallest absolute Gasteiger partial charge is 0.120 e. The van der Waals surface area contributed by atoms with Gasteiger partial charge in [0, 0.05) is 26.5 Å². The minimum Gasteiger partial charge on any atom is -0.383 e. The summed E-state index contributed by atoms with van der Waals surface area (Å²) in [5.41, 5.74) is 5.51. The van der Waals surface area contributed by atoms with E-state index in [-0.39, 0.29) is 11.2 Å². The first-order valence-electron chi connectivity index (χ1n) is 13.3. The number of anilines is 3. The quantitative estimate of drug-likeness (QED) is 0.231. The third-order valence-corrected chi connectivity index (χ3v) is 10.1. The molecule has 0 bridgehead atoms. The summed E-state index contributed by atoms with van der Waals surface area (Å²) in [5, 5.41) is 4.53. The number of rotatable bonds is 4. The van der Waals surface area contributed by atoms with Gasteiger partial charge in [0.2, 0.25) is 0 Å². The summed E-state index contributed by atoms with van der Waals surface area (Å²) in [6, 6.07) is 44.5. The molecule has 0 spiro atoms. The SMILES string of the molecule is Clc1ccccc1NCC1C(N2c3ccccc3Sc3ccccc32)=Nc2ccccc2SC1c1ccccc1. The third-order valence-electron chi connectivity index (χ3n) is 7.23. The number of halogens is 1. The van der Waals surface area contributed by atoms with Crippen molar-refractivity contribution in [2.75, 3.05) is 16.8 Å². The van der Waals surface area contributed by atoms with E-state index in [1.165, 1.54) is 20.2 Å². The Morgan fingerprint density at radius 1 is 0.675 bits per heavy atom. The van der Waals surface area contributed by atoms with Crippen molar-refractivity contribution in [1.82, 2.24) is 0 Å². The minimum absolute atomic E-state index is 0.0142. The lowest BCUT2D eigenvalue weighted by Crippen LogP contribution is -2.39. The Labute approximate surface area is 248 Å². The van der Waals surface area contributed by atoms with Crippen molar-refractivity contribution < 1.29 is 0 Å². The number of fused-ring (bicyclic) bond motifs is 3. The molecule has 2 unspecified atom stereocenters. The zero-order chi connectivity index (χ0) is 26.9. The number of hydrogen-bond acceptors (Lipinski definition) is 5. The summed E-state index contributed by atoms with van der Waals surface area (Å²) in [4.78, 5) is 11.5. The number of thioether (sulfide) groups is 1. The van der Waals surface area contributed by atoms with Gasteiger partial charge in [-0.2, -0.15) is 0 Å². The van der Waals surface area contributed by atoms with Crippen molar-refractivity contribution in [2.45, 2.75) is 19.9 Å². The van der Waals surface area contributed by atoms with E-state index in [1.807, 2.05) is 47.8 Å². The van der Waals surface area contributed by atoms with Crippen LogP contribution in [0.15, 0.2) is 147 Å². The van der Waals surface area contributed by atoms with E-state index in [2.05, 4.69) is 113 Å². The Morgan fingerprint density at radius 3 is 2.00 bits per heavy atom. The Kier molecular flexibility index (Phi) is 7.02. The number of hydrogen-bond donors (Lipinski definition) is 1. The van der Waals surface area contributed by atoms with Crippen molar-refractivity contribution >= 4 is 63.7 Å². The first-order valence-corrected chi connectivity index (χ1v) is 15.4. The average molecular weight is 576 g/mol. The minimum atomic E-state index is 0.0142. The summed E-state index contributed by atoms with van der Waals surface area (Å²) in [7, 11) is 0. The number of benzene rings is 5. The fourth-order valence-corrected chi connectivity index (χ4v) is 7.94. The van der Waals surface area contributed by atoms with Gasteiger partial charge in [-0.1, -0.05) is 102 Å². The van der Waals surface area contributed by atoms with Gasteiger partial charge >= 0.3 is 0 Å². The maximum absolute atomic E-state index is 6.61. The molecule has 0 aliphatic carbocycles. The average Bonchev–Trinajstić information content (AvgIpc) is 3.17. The van der Waals surface area contributed by atoms with E-state index >= 15 is 0 Å². The molecule has 2 heterocycles. The molecular weight excluding hydrogens is 550 g/mol. The van der Waals surface area contributed by atoms with E-state index in [0.29, 0.717) is 11.6 Å². The van der Waals surface area contributed by atoms with Crippen LogP contribution in [0.5, 0.6) is 0 Å². The normalized spacial score (nSPS) is 17.6. The molecule has 2 atom stereocenters. The van der Waals surface area contributed by atoms with Gasteiger partial charge in [-0.25, -0.2) is 4.99 Å². The lowest BCUT2D eigenvalue weighted by atomic mass is 9.95. The summed E-state index contributed by atoms with van der Waals surface area (Å²) in [6.07, 6.45) is 0. The molecular formula is C34H26ClN3S2. The lowest BCUT2D eigenvalue weighted by molar-refractivity contribution is 0.698. The summed E-state index contributed by atoms with van der Waals surface area (Å²) in [5.74, 6) is 1.03. The van der Waals surface area contributed by atoms with Crippen LogP contribution in [0.25, 0.3) is 0 Å². The van der Waals surface area contributed by atoms with Gasteiger partial charge in [0.15, 0.2) is 0 Å². The molecule has 1 N–H and O–H groups in total. The molecule has 3 nitrogen and oxygen atoms in total. The van der Waals surface area contributed by atoms with E-state index in [4.69, 9.17) is 16.6 Å². The molecule has 7 rings (SSSR count). The van der Waals surface area contributed by atoms with Gasteiger partial charge in [0.05, 0.1) is 33.7 Å². The molecule has 5 aromatic carbocycles. The zero-order valence-corrected chi connectivity index (χ0v) is 24.0. The number of nitrogens with one attached hydrogen (secondary N) is 1. The lowest BCUT2D eigenvalue weighted by Gasteiger charge is -2.38. The van der Waals surface area contributed by atoms with Gasteiger partial charge in [-0.15, -0.1) is 11.8 Å².